The van der Waals surface area contributed by atoms with E-state index in [2.05, 4.69) is 10.6 Å². The Kier molecular flexibility index (Phi) is 6.80. The second-order valence-corrected chi connectivity index (χ2v) is 7.73. The Balaban J connectivity index is 2.05. The van der Waals surface area contributed by atoms with Gasteiger partial charge in [-0.15, -0.1) is 0 Å². The van der Waals surface area contributed by atoms with Gasteiger partial charge in [0.15, 0.2) is 11.6 Å². The highest BCUT2D eigenvalue weighted by molar-refractivity contribution is 6.68. The maximum Gasteiger partial charge on any atom is 0.315 e. The molecule has 0 saturated carbocycles. The van der Waals surface area contributed by atoms with Crippen molar-refractivity contribution in [1.29, 1.82) is 0 Å². The number of nitrogens with one attached hydrogen (secondary N) is 2. The number of hydrogen-bond acceptors (Lipinski definition) is 3. The van der Waals surface area contributed by atoms with Gasteiger partial charge in [-0.05, 0) is 30.5 Å². The van der Waals surface area contributed by atoms with Crippen LogP contribution in [0.2, 0.25) is 0 Å². The van der Waals surface area contributed by atoms with Crippen molar-refractivity contribution in [3.05, 3.63) is 29.6 Å². The molecule has 2 rings (SSSR count). The molecule has 1 aliphatic heterocycles. The molecule has 1 aromatic rings. The molecule has 1 fully saturated rings. The van der Waals surface area contributed by atoms with Crippen LogP contribution in [0, 0.1) is 5.82 Å². The number of ether oxygens (including phenoxy) is 2. The third-order valence-corrected chi connectivity index (χ3v) is 4.28. The fourth-order valence-electron chi connectivity index (χ4n) is 2.41. The number of carbonyl (C=O) groups is 1. The second-order valence-electron chi connectivity index (χ2n) is 5.36. The Morgan fingerprint density at radius 3 is 2.79 bits per heavy atom. The summed E-state index contributed by atoms with van der Waals surface area (Å²) in [5, 5.41) is 5.22. The second kappa shape index (κ2) is 8.43. The van der Waals surface area contributed by atoms with Gasteiger partial charge < -0.3 is 20.1 Å². The van der Waals surface area contributed by atoms with Crippen LogP contribution in [-0.2, 0) is 4.74 Å². The highest BCUT2D eigenvalue weighted by Gasteiger charge is 2.36. The molecule has 1 heterocycles. The highest BCUT2D eigenvalue weighted by Crippen LogP contribution is 2.40. The summed E-state index contributed by atoms with van der Waals surface area (Å²) in [4.78, 5) is 12.1. The lowest BCUT2D eigenvalue weighted by atomic mass is 10.1. The van der Waals surface area contributed by atoms with Gasteiger partial charge in [-0.25, -0.2) is 9.18 Å². The van der Waals surface area contributed by atoms with Crippen LogP contribution in [0.3, 0.4) is 0 Å². The van der Waals surface area contributed by atoms with E-state index < -0.39 is 21.7 Å². The number of hydrogen-bond donors (Lipinski definition) is 2. The van der Waals surface area contributed by atoms with Crippen molar-refractivity contribution in [2.75, 3.05) is 20.3 Å². The molecule has 0 aliphatic carbocycles. The van der Waals surface area contributed by atoms with Crippen molar-refractivity contribution in [3.8, 4) is 5.75 Å². The number of rotatable bonds is 5. The molecule has 0 aromatic heterocycles. The van der Waals surface area contributed by atoms with E-state index in [0.29, 0.717) is 18.7 Å². The van der Waals surface area contributed by atoms with E-state index in [1.807, 2.05) is 0 Å². The molecule has 2 N–H and O–H groups in total. The average molecular weight is 400 g/mol. The van der Waals surface area contributed by atoms with Gasteiger partial charge in [0.25, 0.3) is 0 Å². The first-order chi connectivity index (χ1) is 11.3. The van der Waals surface area contributed by atoms with Crippen molar-refractivity contribution >= 4 is 40.8 Å². The monoisotopic (exact) mass is 398 g/mol. The summed E-state index contributed by atoms with van der Waals surface area (Å²) in [6.45, 7) is 1.05. The first-order valence-corrected chi connectivity index (χ1v) is 8.50. The van der Waals surface area contributed by atoms with E-state index in [4.69, 9.17) is 44.3 Å². The molecule has 0 bridgehead atoms. The smallest absolute Gasteiger partial charge is 0.315 e. The molecule has 2 amide bonds. The van der Waals surface area contributed by atoms with Gasteiger partial charge in [-0.2, -0.15) is 0 Å². The average Bonchev–Trinajstić information content (AvgIpc) is 3.03. The van der Waals surface area contributed by atoms with E-state index in [-0.39, 0.29) is 11.9 Å². The normalized spacial score (nSPS) is 19.0. The summed E-state index contributed by atoms with van der Waals surface area (Å²) in [6.07, 6.45) is 1.84. The van der Waals surface area contributed by atoms with Crippen molar-refractivity contribution < 1.29 is 18.7 Å². The van der Waals surface area contributed by atoms with Crippen LogP contribution < -0.4 is 15.4 Å². The molecule has 134 valence electrons. The van der Waals surface area contributed by atoms with Crippen molar-refractivity contribution in [2.24, 2.45) is 0 Å². The number of halogens is 4. The first-order valence-electron chi connectivity index (χ1n) is 7.37. The van der Waals surface area contributed by atoms with Crippen molar-refractivity contribution in [3.63, 3.8) is 0 Å². The summed E-state index contributed by atoms with van der Waals surface area (Å²) in [5.74, 6) is -0.555. The van der Waals surface area contributed by atoms with Crippen LogP contribution in [0.5, 0.6) is 5.75 Å². The van der Waals surface area contributed by atoms with Gasteiger partial charge in [0.2, 0.25) is 3.79 Å². The fraction of sp³-hybridized carbons (Fsp3) is 0.533. The minimum atomic E-state index is -1.86. The van der Waals surface area contributed by atoms with Crippen LogP contribution in [0.4, 0.5) is 9.18 Å². The summed E-state index contributed by atoms with van der Waals surface area (Å²) in [5.41, 5.74) is 0.306. The number of amides is 2. The first kappa shape index (κ1) is 19.4. The zero-order valence-electron chi connectivity index (χ0n) is 13.0. The molecular weight excluding hydrogens is 382 g/mol. The Morgan fingerprint density at radius 1 is 1.50 bits per heavy atom. The van der Waals surface area contributed by atoms with Gasteiger partial charge in [0.05, 0.1) is 13.2 Å². The molecule has 24 heavy (non-hydrogen) atoms. The third-order valence-electron chi connectivity index (χ3n) is 3.63. The minimum absolute atomic E-state index is 0.0135. The van der Waals surface area contributed by atoms with Gasteiger partial charge in [0.1, 0.15) is 6.04 Å². The Hall–Kier alpha value is -0.950. The predicted octanol–water partition coefficient (Wildman–Crippen LogP) is 3.72. The van der Waals surface area contributed by atoms with E-state index in [1.54, 1.807) is 0 Å². The molecule has 5 nitrogen and oxygen atoms in total. The molecule has 0 unspecified atom stereocenters. The molecule has 0 radical (unpaired) electrons. The Labute approximate surface area is 154 Å². The molecule has 1 saturated heterocycles. The quantitative estimate of drug-likeness (QED) is 0.742. The van der Waals surface area contributed by atoms with Crippen LogP contribution in [0.25, 0.3) is 0 Å². The Bertz CT molecular complexity index is 578. The number of methoxy groups -OCH3 is 1. The molecule has 1 aliphatic rings. The number of alkyl halides is 3. The summed E-state index contributed by atoms with van der Waals surface area (Å²) < 4.78 is 22.3. The van der Waals surface area contributed by atoms with Crippen LogP contribution in [0.1, 0.15) is 24.4 Å². The molecule has 2 atom stereocenters. The number of urea groups is 1. The van der Waals surface area contributed by atoms with Crippen LogP contribution >= 0.6 is 34.8 Å². The largest absolute Gasteiger partial charge is 0.494 e. The maximum absolute atomic E-state index is 13.9. The fourth-order valence-corrected chi connectivity index (χ4v) is 2.95. The van der Waals surface area contributed by atoms with E-state index in [0.717, 1.165) is 18.9 Å². The lowest BCUT2D eigenvalue weighted by Gasteiger charge is -2.26. The highest BCUT2D eigenvalue weighted by atomic mass is 35.6. The summed E-state index contributed by atoms with van der Waals surface area (Å²) in [6, 6.07) is 2.52. The molecular formula is C15H18Cl3FN2O3. The van der Waals surface area contributed by atoms with E-state index in [9.17, 15) is 9.18 Å². The standard InChI is InChI=1S/C15H18Cl3FN2O3/c1-23-12-5-4-9(7-11(12)19)13(15(16,17)18)21-14(22)20-8-10-3-2-6-24-10/h4-5,7,10,13H,2-3,6,8H2,1H3,(H2,20,21,22)/t10-,13-/m0/s1. The minimum Gasteiger partial charge on any atom is -0.494 e. The SMILES string of the molecule is COc1ccc([C@H](NC(=O)NC[C@@H]2CCCO2)C(Cl)(Cl)Cl)cc1F. The summed E-state index contributed by atoms with van der Waals surface area (Å²) >= 11 is 17.8. The van der Waals surface area contributed by atoms with Crippen LogP contribution in [-0.4, -0.2) is 36.2 Å². The van der Waals surface area contributed by atoms with Gasteiger partial charge in [-0.1, -0.05) is 40.9 Å². The van der Waals surface area contributed by atoms with E-state index in [1.165, 1.54) is 19.2 Å². The number of carbonyl (C=O) groups excluding carboxylic acids is 1. The van der Waals surface area contributed by atoms with Gasteiger partial charge >= 0.3 is 6.03 Å². The lowest BCUT2D eigenvalue weighted by molar-refractivity contribution is 0.111. The molecule has 9 heteroatoms. The van der Waals surface area contributed by atoms with Gasteiger partial charge in [0, 0.05) is 13.2 Å². The lowest BCUT2D eigenvalue weighted by Crippen LogP contribution is -2.44. The van der Waals surface area contributed by atoms with Crippen LogP contribution in [0.15, 0.2) is 18.2 Å². The predicted molar refractivity (Wildman–Crippen MR) is 91.5 cm³/mol. The van der Waals surface area contributed by atoms with Gasteiger partial charge in [-0.3, -0.25) is 0 Å². The van der Waals surface area contributed by atoms with E-state index >= 15 is 0 Å². The third kappa shape index (κ3) is 5.28. The Morgan fingerprint density at radius 2 is 2.25 bits per heavy atom. The zero-order chi connectivity index (χ0) is 17.7. The molecule has 0 spiro atoms. The zero-order valence-corrected chi connectivity index (χ0v) is 15.2. The van der Waals surface area contributed by atoms with Crippen molar-refractivity contribution in [2.45, 2.75) is 28.8 Å². The summed E-state index contributed by atoms with van der Waals surface area (Å²) in [7, 11) is 1.35. The number of benzene rings is 1. The maximum atomic E-state index is 13.9. The topological polar surface area (TPSA) is 59.6 Å². The van der Waals surface area contributed by atoms with Crippen molar-refractivity contribution in [1.82, 2.24) is 10.6 Å². The molecule has 1 aromatic carbocycles.